The van der Waals surface area contributed by atoms with E-state index in [9.17, 15) is 4.79 Å². The Morgan fingerprint density at radius 2 is 2.56 bits per heavy atom. The van der Waals surface area contributed by atoms with Gasteiger partial charge in [-0.1, -0.05) is 6.42 Å². The number of hydrogen-bond acceptors (Lipinski definition) is 4. The first-order chi connectivity index (χ1) is 7.75. The Hall–Kier alpha value is -0.940. The molecular weight excluding hydrogens is 222 g/mol. The first-order valence-electron chi connectivity index (χ1n) is 5.68. The van der Waals surface area contributed by atoms with Gasteiger partial charge in [-0.25, -0.2) is 4.98 Å². The summed E-state index contributed by atoms with van der Waals surface area (Å²) >= 11 is 1.61. The van der Waals surface area contributed by atoms with E-state index in [1.807, 2.05) is 12.3 Å². The van der Waals surface area contributed by atoms with Gasteiger partial charge in [-0.2, -0.15) is 0 Å². The zero-order valence-corrected chi connectivity index (χ0v) is 10.3. The molecule has 2 rings (SSSR count). The van der Waals surface area contributed by atoms with Gasteiger partial charge in [-0.3, -0.25) is 4.79 Å². The van der Waals surface area contributed by atoms with Crippen LogP contribution in [0.3, 0.4) is 0 Å². The molecule has 0 aromatic carbocycles. The Morgan fingerprint density at radius 3 is 3.19 bits per heavy atom. The van der Waals surface area contributed by atoms with E-state index < -0.39 is 0 Å². The van der Waals surface area contributed by atoms with Crippen molar-refractivity contribution in [2.75, 3.05) is 6.54 Å². The highest BCUT2D eigenvalue weighted by Crippen LogP contribution is 2.09. The number of thiazole rings is 1. The lowest BCUT2D eigenvalue weighted by Crippen LogP contribution is -2.46. The van der Waals surface area contributed by atoms with Gasteiger partial charge in [0.1, 0.15) is 0 Å². The van der Waals surface area contributed by atoms with Gasteiger partial charge in [0.15, 0.2) is 0 Å². The molecule has 0 bridgehead atoms. The molecule has 2 N–H and O–H groups in total. The maximum atomic E-state index is 11.8. The maximum Gasteiger partial charge on any atom is 0.237 e. The van der Waals surface area contributed by atoms with Gasteiger partial charge in [0.2, 0.25) is 5.91 Å². The first kappa shape index (κ1) is 11.5. The largest absolute Gasteiger partial charge is 0.349 e. The molecule has 1 saturated heterocycles. The van der Waals surface area contributed by atoms with E-state index in [0.29, 0.717) is 6.54 Å². The van der Waals surface area contributed by atoms with Crippen LogP contribution in [-0.4, -0.2) is 23.5 Å². The van der Waals surface area contributed by atoms with Crippen molar-refractivity contribution < 1.29 is 4.79 Å². The fraction of sp³-hybridized carbons (Fsp3) is 0.636. The number of carbonyl (C=O) groups excluding carboxylic acids is 1. The normalized spacial score (nSPS) is 20.7. The van der Waals surface area contributed by atoms with E-state index in [1.165, 1.54) is 6.42 Å². The number of carbonyl (C=O) groups is 1. The molecule has 5 heteroatoms. The van der Waals surface area contributed by atoms with Crippen molar-refractivity contribution in [3.8, 4) is 0 Å². The monoisotopic (exact) mass is 239 g/mol. The van der Waals surface area contributed by atoms with Gasteiger partial charge in [0, 0.05) is 5.38 Å². The summed E-state index contributed by atoms with van der Waals surface area (Å²) in [4.78, 5) is 16.1. The Balaban J connectivity index is 1.78. The lowest BCUT2D eigenvalue weighted by atomic mass is 10.0. The number of hydrogen-bond donors (Lipinski definition) is 2. The van der Waals surface area contributed by atoms with Crippen molar-refractivity contribution in [2.45, 2.75) is 38.8 Å². The van der Waals surface area contributed by atoms with E-state index in [2.05, 4.69) is 15.6 Å². The Morgan fingerprint density at radius 1 is 1.69 bits per heavy atom. The zero-order valence-electron chi connectivity index (χ0n) is 9.45. The highest BCUT2D eigenvalue weighted by atomic mass is 32.1. The van der Waals surface area contributed by atoms with Crippen LogP contribution < -0.4 is 10.6 Å². The molecule has 1 aromatic rings. The molecular formula is C11H17N3OS. The number of rotatable bonds is 3. The fourth-order valence-corrected chi connectivity index (χ4v) is 2.48. The molecule has 0 unspecified atom stereocenters. The zero-order chi connectivity index (χ0) is 11.4. The number of aromatic nitrogens is 1. The summed E-state index contributed by atoms with van der Waals surface area (Å²) in [5.41, 5.74) is 0.951. The Labute approximate surface area is 99.5 Å². The van der Waals surface area contributed by atoms with Crippen molar-refractivity contribution in [3.63, 3.8) is 0 Å². The number of piperidine rings is 1. The third-order valence-corrected chi connectivity index (χ3v) is 3.56. The van der Waals surface area contributed by atoms with Crippen LogP contribution in [0.4, 0.5) is 0 Å². The lowest BCUT2D eigenvalue weighted by Gasteiger charge is -2.22. The van der Waals surface area contributed by atoms with Gasteiger partial charge in [-0.15, -0.1) is 11.3 Å². The van der Waals surface area contributed by atoms with Gasteiger partial charge < -0.3 is 10.6 Å². The summed E-state index contributed by atoms with van der Waals surface area (Å²) in [7, 11) is 0. The molecule has 0 aliphatic carbocycles. The van der Waals surface area contributed by atoms with Crippen molar-refractivity contribution >= 4 is 17.2 Å². The minimum atomic E-state index is -0.00603. The Kier molecular flexibility index (Phi) is 3.90. The molecule has 0 saturated carbocycles. The molecule has 16 heavy (non-hydrogen) atoms. The van der Waals surface area contributed by atoms with Crippen LogP contribution in [0, 0.1) is 6.92 Å². The third kappa shape index (κ3) is 3.02. The third-order valence-electron chi connectivity index (χ3n) is 2.74. The smallest absolute Gasteiger partial charge is 0.237 e. The minimum absolute atomic E-state index is 0.00603. The van der Waals surface area contributed by atoms with Crippen molar-refractivity contribution in [2.24, 2.45) is 0 Å². The predicted molar refractivity (Wildman–Crippen MR) is 64.3 cm³/mol. The summed E-state index contributed by atoms with van der Waals surface area (Å²) in [5.74, 6) is 0.102. The van der Waals surface area contributed by atoms with E-state index in [-0.39, 0.29) is 11.9 Å². The number of aryl methyl sites for hydroxylation is 1. The van der Waals surface area contributed by atoms with E-state index >= 15 is 0 Å². The SMILES string of the molecule is Cc1nc(CNC(=O)[C@@H]2CCCCN2)cs1. The van der Waals surface area contributed by atoms with Gasteiger partial charge in [0.25, 0.3) is 0 Å². The minimum Gasteiger partial charge on any atom is -0.349 e. The number of nitrogens with zero attached hydrogens (tertiary/aromatic N) is 1. The van der Waals surface area contributed by atoms with Crippen LogP contribution in [0.5, 0.6) is 0 Å². The van der Waals surface area contributed by atoms with E-state index in [4.69, 9.17) is 0 Å². The summed E-state index contributed by atoms with van der Waals surface area (Å²) < 4.78 is 0. The molecule has 4 nitrogen and oxygen atoms in total. The van der Waals surface area contributed by atoms with Crippen LogP contribution in [-0.2, 0) is 11.3 Å². The predicted octanol–water partition coefficient (Wildman–Crippen LogP) is 1.21. The van der Waals surface area contributed by atoms with Gasteiger partial charge in [0.05, 0.1) is 23.3 Å². The lowest BCUT2D eigenvalue weighted by molar-refractivity contribution is -0.123. The van der Waals surface area contributed by atoms with E-state index in [1.54, 1.807) is 11.3 Å². The van der Waals surface area contributed by atoms with Crippen LogP contribution in [0.25, 0.3) is 0 Å². The molecule has 1 aliphatic rings. The Bertz CT molecular complexity index is 358. The van der Waals surface area contributed by atoms with Crippen molar-refractivity contribution in [1.82, 2.24) is 15.6 Å². The summed E-state index contributed by atoms with van der Waals surface area (Å²) in [6.07, 6.45) is 3.26. The number of amides is 1. The molecule has 1 fully saturated rings. The molecule has 1 aromatic heterocycles. The fourth-order valence-electron chi connectivity index (χ4n) is 1.87. The number of nitrogens with one attached hydrogen (secondary N) is 2. The molecule has 2 heterocycles. The highest BCUT2D eigenvalue weighted by Gasteiger charge is 2.19. The second-order valence-electron chi connectivity index (χ2n) is 4.08. The second-order valence-corrected chi connectivity index (χ2v) is 5.14. The molecule has 1 aliphatic heterocycles. The van der Waals surface area contributed by atoms with Gasteiger partial charge in [-0.05, 0) is 26.3 Å². The second kappa shape index (κ2) is 5.41. The van der Waals surface area contributed by atoms with Crippen molar-refractivity contribution in [1.29, 1.82) is 0 Å². The molecule has 0 radical (unpaired) electrons. The van der Waals surface area contributed by atoms with Crippen molar-refractivity contribution in [3.05, 3.63) is 16.1 Å². The first-order valence-corrected chi connectivity index (χ1v) is 6.56. The summed E-state index contributed by atoms with van der Waals surface area (Å²) in [5, 5.41) is 9.19. The van der Waals surface area contributed by atoms with Crippen LogP contribution in [0.15, 0.2) is 5.38 Å². The standard InChI is InChI=1S/C11H17N3OS/c1-8-14-9(7-16-8)6-13-11(15)10-4-2-3-5-12-10/h7,10,12H,2-6H2,1H3,(H,13,15)/t10-/m0/s1. The van der Waals surface area contributed by atoms with Crippen LogP contribution in [0.1, 0.15) is 30.0 Å². The van der Waals surface area contributed by atoms with Crippen LogP contribution >= 0.6 is 11.3 Å². The average molecular weight is 239 g/mol. The average Bonchev–Trinajstić information content (AvgIpc) is 2.73. The topological polar surface area (TPSA) is 54.0 Å². The quantitative estimate of drug-likeness (QED) is 0.833. The van der Waals surface area contributed by atoms with Gasteiger partial charge >= 0.3 is 0 Å². The summed E-state index contributed by atoms with van der Waals surface area (Å²) in [6.45, 7) is 3.47. The molecule has 1 atom stereocenters. The highest BCUT2D eigenvalue weighted by molar-refractivity contribution is 7.09. The van der Waals surface area contributed by atoms with E-state index in [0.717, 1.165) is 30.1 Å². The van der Waals surface area contributed by atoms with Crippen LogP contribution in [0.2, 0.25) is 0 Å². The molecule has 1 amide bonds. The molecule has 88 valence electrons. The summed E-state index contributed by atoms with van der Waals surface area (Å²) in [6, 6.07) is -0.00603. The maximum absolute atomic E-state index is 11.8. The molecule has 0 spiro atoms.